The molecule has 0 saturated carbocycles. The molecule has 2 aromatic rings. The minimum atomic E-state index is -4.70. The minimum absolute atomic E-state index is 0.0274. The van der Waals surface area contributed by atoms with E-state index in [2.05, 4.69) is 4.98 Å². The van der Waals surface area contributed by atoms with Crippen LogP contribution in [0.1, 0.15) is 27.7 Å². The number of nitrogens with zero attached hydrogens (tertiary/aromatic N) is 2. The Labute approximate surface area is 129 Å². The molecular formula is C15H11F3N4O. The number of hydrogen-bond donors (Lipinski definition) is 2. The second-order valence-corrected chi connectivity index (χ2v) is 4.63. The van der Waals surface area contributed by atoms with Gasteiger partial charge < -0.3 is 11.1 Å². The molecule has 1 heterocycles. The van der Waals surface area contributed by atoms with Crippen molar-refractivity contribution in [2.45, 2.75) is 12.2 Å². The maximum Gasteiger partial charge on any atom is 0.412 e. The van der Waals surface area contributed by atoms with Crippen LogP contribution in [0.5, 0.6) is 0 Å². The van der Waals surface area contributed by atoms with E-state index in [1.165, 1.54) is 30.3 Å². The SMILES string of the molecule is N#Cc1ccc(C(NC(=O)c2cccc(N)n2)C(F)(F)F)cc1. The van der Waals surface area contributed by atoms with E-state index in [4.69, 9.17) is 11.0 Å². The molecule has 5 nitrogen and oxygen atoms in total. The van der Waals surface area contributed by atoms with Gasteiger partial charge >= 0.3 is 6.18 Å². The van der Waals surface area contributed by atoms with Gasteiger partial charge in [0, 0.05) is 0 Å². The number of carbonyl (C=O) groups excluding carboxylic acids is 1. The van der Waals surface area contributed by atoms with Gasteiger partial charge in [0.15, 0.2) is 6.04 Å². The summed E-state index contributed by atoms with van der Waals surface area (Å²) in [4.78, 5) is 15.7. The molecule has 1 atom stereocenters. The van der Waals surface area contributed by atoms with Crippen LogP contribution in [0.2, 0.25) is 0 Å². The summed E-state index contributed by atoms with van der Waals surface area (Å²) in [5.74, 6) is -0.969. The molecule has 1 aromatic heterocycles. The number of carbonyl (C=O) groups is 1. The number of hydrogen-bond acceptors (Lipinski definition) is 4. The van der Waals surface area contributed by atoms with E-state index in [0.717, 1.165) is 12.1 Å². The predicted molar refractivity (Wildman–Crippen MR) is 76.1 cm³/mol. The van der Waals surface area contributed by atoms with Crippen molar-refractivity contribution in [1.29, 1.82) is 5.26 Å². The largest absolute Gasteiger partial charge is 0.412 e. The molecule has 0 radical (unpaired) electrons. The first-order valence-corrected chi connectivity index (χ1v) is 6.41. The number of nitrogens with one attached hydrogen (secondary N) is 1. The highest BCUT2D eigenvalue weighted by molar-refractivity contribution is 5.92. The Kier molecular flexibility index (Phi) is 4.50. The maximum absolute atomic E-state index is 13.2. The number of anilines is 1. The lowest BCUT2D eigenvalue weighted by atomic mass is 10.0. The molecule has 3 N–H and O–H groups in total. The number of halogens is 3. The highest BCUT2D eigenvalue weighted by atomic mass is 19.4. The Morgan fingerprint density at radius 2 is 1.87 bits per heavy atom. The summed E-state index contributed by atoms with van der Waals surface area (Å²) < 4.78 is 39.7. The van der Waals surface area contributed by atoms with Crippen LogP contribution in [0.4, 0.5) is 19.0 Å². The van der Waals surface area contributed by atoms with Gasteiger partial charge in [-0.1, -0.05) is 18.2 Å². The average Bonchev–Trinajstić information content (AvgIpc) is 2.51. The molecule has 0 aliphatic carbocycles. The van der Waals surface area contributed by atoms with Crippen molar-refractivity contribution in [3.05, 3.63) is 59.3 Å². The zero-order valence-electron chi connectivity index (χ0n) is 11.6. The third-order valence-corrected chi connectivity index (χ3v) is 2.98. The molecule has 0 saturated heterocycles. The molecule has 23 heavy (non-hydrogen) atoms. The molecule has 0 fully saturated rings. The summed E-state index contributed by atoms with van der Waals surface area (Å²) >= 11 is 0. The van der Waals surface area contributed by atoms with Crippen molar-refractivity contribution in [3.8, 4) is 6.07 Å². The molecule has 0 aliphatic heterocycles. The van der Waals surface area contributed by atoms with Crippen LogP contribution in [0.25, 0.3) is 0 Å². The summed E-state index contributed by atoms with van der Waals surface area (Å²) in [5.41, 5.74) is 5.23. The summed E-state index contributed by atoms with van der Waals surface area (Å²) in [6.45, 7) is 0. The van der Waals surface area contributed by atoms with Crippen LogP contribution in [0.15, 0.2) is 42.5 Å². The van der Waals surface area contributed by atoms with E-state index in [-0.39, 0.29) is 22.6 Å². The number of nitriles is 1. The Bertz CT molecular complexity index is 751. The van der Waals surface area contributed by atoms with Crippen molar-refractivity contribution in [3.63, 3.8) is 0 Å². The van der Waals surface area contributed by atoms with Crippen LogP contribution < -0.4 is 11.1 Å². The van der Waals surface area contributed by atoms with Crippen LogP contribution in [-0.4, -0.2) is 17.1 Å². The lowest BCUT2D eigenvalue weighted by molar-refractivity contribution is -0.155. The normalized spacial score (nSPS) is 12.3. The fraction of sp³-hybridized carbons (Fsp3) is 0.133. The van der Waals surface area contributed by atoms with Crippen LogP contribution >= 0.6 is 0 Å². The van der Waals surface area contributed by atoms with E-state index in [1.807, 2.05) is 11.4 Å². The van der Waals surface area contributed by atoms with Gasteiger partial charge in [0.25, 0.3) is 5.91 Å². The van der Waals surface area contributed by atoms with Crippen molar-refractivity contribution >= 4 is 11.7 Å². The highest BCUT2D eigenvalue weighted by Crippen LogP contribution is 2.33. The van der Waals surface area contributed by atoms with Gasteiger partial charge in [-0.2, -0.15) is 18.4 Å². The molecule has 0 spiro atoms. The average molecular weight is 320 g/mol. The summed E-state index contributed by atoms with van der Waals surface area (Å²) in [6.07, 6.45) is -4.70. The molecule has 0 bridgehead atoms. The molecule has 1 aromatic carbocycles. The van der Waals surface area contributed by atoms with Crippen molar-refractivity contribution in [2.24, 2.45) is 0 Å². The molecule has 8 heteroatoms. The van der Waals surface area contributed by atoms with Crippen LogP contribution in [0.3, 0.4) is 0 Å². The Morgan fingerprint density at radius 1 is 1.22 bits per heavy atom. The fourth-order valence-electron chi connectivity index (χ4n) is 1.89. The van der Waals surface area contributed by atoms with Gasteiger partial charge in [-0.05, 0) is 29.8 Å². The van der Waals surface area contributed by atoms with E-state index in [1.54, 1.807) is 0 Å². The van der Waals surface area contributed by atoms with E-state index < -0.39 is 18.1 Å². The maximum atomic E-state index is 13.2. The van der Waals surface area contributed by atoms with Crippen molar-refractivity contribution < 1.29 is 18.0 Å². The zero-order chi connectivity index (χ0) is 17.0. The summed E-state index contributed by atoms with van der Waals surface area (Å²) in [7, 11) is 0. The van der Waals surface area contributed by atoms with E-state index in [0.29, 0.717) is 0 Å². The second kappa shape index (κ2) is 6.36. The minimum Gasteiger partial charge on any atom is -0.384 e. The zero-order valence-corrected chi connectivity index (χ0v) is 11.6. The second-order valence-electron chi connectivity index (χ2n) is 4.63. The Hall–Kier alpha value is -3.08. The Balaban J connectivity index is 2.29. The smallest absolute Gasteiger partial charge is 0.384 e. The van der Waals surface area contributed by atoms with Gasteiger partial charge in [-0.25, -0.2) is 4.98 Å². The van der Waals surface area contributed by atoms with Gasteiger partial charge in [0.1, 0.15) is 11.5 Å². The third kappa shape index (κ3) is 3.97. The molecule has 118 valence electrons. The van der Waals surface area contributed by atoms with Crippen molar-refractivity contribution in [2.75, 3.05) is 5.73 Å². The predicted octanol–water partition coefficient (Wildman–Crippen LogP) is 2.57. The summed E-state index contributed by atoms with van der Waals surface area (Å²) in [6, 6.07) is 8.47. The number of nitrogens with two attached hydrogens (primary N) is 1. The van der Waals surface area contributed by atoms with Gasteiger partial charge in [0.2, 0.25) is 0 Å². The number of alkyl halides is 3. The fourth-order valence-corrected chi connectivity index (χ4v) is 1.89. The number of pyridine rings is 1. The molecule has 1 amide bonds. The monoisotopic (exact) mass is 320 g/mol. The summed E-state index contributed by atoms with van der Waals surface area (Å²) in [5, 5.41) is 10.6. The van der Waals surface area contributed by atoms with Crippen LogP contribution in [-0.2, 0) is 0 Å². The third-order valence-electron chi connectivity index (χ3n) is 2.98. The molecular weight excluding hydrogens is 309 g/mol. The number of rotatable bonds is 3. The molecule has 2 rings (SSSR count). The van der Waals surface area contributed by atoms with Gasteiger partial charge in [0.05, 0.1) is 11.6 Å². The first-order valence-electron chi connectivity index (χ1n) is 6.41. The number of benzene rings is 1. The molecule has 0 aliphatic rings. The highest BCUT2D eigenvalue weighted by Gasteiger charge is 2.42. The van der Waals surface area contributed by atoms with Gasteiger partial charge in [-0.15, -0.1) is 0 Å². The lowest BCUT2D eigenvalue weighted by Gasteiger charge is -2.22. The molecule has 1 unspecified atom stereocenters. The quantitative estimate of drug-likeness (QED) is 0.909. The first kappa shape index (κ1) is 16.3. The van der Waals surface area contributed by atoms with Crippen LogP contribution in [0, 0.1) is 11.3 Å². The first-order chi connectivity index (χ1) is 10.8. The lowest BCUT2D eigenvalue weighted by Crippen LogP contribution is -2.38. The van der Waals surface area contributed by atoms with Gasteiger partial charge in [-0.3, -0.25) is 4.79 Å². The number of aromatic nitrogens is 1. The van der Waals surface area contributed by atoms with E-state index in [9.17, 15) is 18.0 Å². The Morgan fingerprint density at radius 3 is 2.39 bits per heavy atom. The topological polar surface area (TPSA) is 91.8 Å². The standard InChI is InChI=1S/C15H11F3N4O/c16-15(17,18)13(10-6-4-9(8-19)5-7-10)22-14(23)11-2-1-3-12(20)21-11/h1-7,13H,(H2,20,21)(H,22,23). The van der Waals surface area contributed by atoms with Crippen molar-refractivity contribution in [1.82, 2.24) is 10.3 Å². The van der Waals surface area contributed by atoms with E-state index >= 15 is 0 Å². The number of nitrogen functional groups attached to an aromatic ring is 1. The number of amides is 1.